The maximum atomic E-state index is 11.7. The van der Waals surface area contributed by atoms with Gasteiger partial charge in [0.2, 0.25) is 0 Å². The molecule has 0 spiro atoms. The SMILES string of the molecule is CCOc1ccc(OCC(=O)NCCc2cc(C)no2)cc1. The third kappa shape index (κ3) is 5.12. The van der Waals surface area contributed by atoms with E-state index in [0.717, 1.165) is 17.2 Å². The molecule has 1 heterocycles. The van der Waals surface area contributed by atoms with Crippen LogP contribution in [0.1, 0.15) is 18.4 Å². The fourth-order valence-electron chi connectivity index (χ4n) is 1.86. The van der Waals surface area contributed by atoms with Gasteiger partial charge in [0.25, 0.3) is 5.91 Å². The van der Waals surface area contributed by atoms with Crippen LogP contribution < -0.4 is 14.8 Å². The third-order valence-corrected chi connectivity index (χ3v) is 2.87. The van der Waals surface area contributed by atoms with Crippen LogP contribution in [0.25, 0.3) is 0 Å². The maximum absolute atomic E-state index is 11.7. The van der Waals surface area contributed by atoms with Crippen LogP contribution in [0.15, 0.2) is 34.9 Å². The van der Waals surface area contributed by atoms with Crippen molar-refractivity contribution in [3.8, 4) is 11.5 Å². The summed E-state index contributed by atoms with van der Waals surface area (Å²) in [4.78, 5) is 11.7. The zero-order valence-corrected chi connectivity index (χ0v) is 12.8. The van der Waals surface area contributed by atoms with Crippen molar-refractivity contribution in [1.29, 1.82) is 0 Å². The zero-order valence-electron chi connectivity index (χ0n) is 12.8. The molecule has 0 saturated carbocycles. The quantitative estimate of drug-likeness (QED) is 0.808. The molecule has 0 aliphatic rings. The minimum Gasteiger partial charge on any atom is -0.494 e. The summed E-state index contributed by atoms with van der Waals surface area (Å²) < 4.78 is 15.8. The zero-order chi connectivity index (χ0) is 15.8. The molecule has 0 saturated heterocycles. The van der Waals surface area contributed by atoms with Gasteiger partial charge < -0.3 is 19.3 Å². The lowest BCUT2D eigenvalue weighted by molar-refractivity contribution is -0.123. The molecule has 1 aromatic heterocycles. The standard InChI is InChI=1S/C16H20N2O4/c1-3-20-13-4-6-14(7-5-13)21-11-16(19)17-9-8-15-10-12(2)18-22-15/h4-7,10H,3,8-9,11H2,1-2H3,(H,17,19). The summed E-state index contributed by atoms with van der Waals surface area (Å²) in [6.07, 6.45) is 0.607. The minimum absolute atomic E-state index is 0.0244. The number of amides is 1. The number of ether oxygens (including phenoxy) is 2. The molecule has 0 unspecified atom stereocenters. The maximum Gasteiger partial charge on any atom is 0.257 e. The van der Waals surface area contributed by atoms with Crippen LogP contribution in [0.4, 0.5) is 0 Å². The van der Waals surface area contributed by atoms with Crippen LogP contribution in [0.3, 0.4) is 0 Å². The van der Waals surface area contributed by atoms with Crippen molar-refractivity contribution in [3.63, 3.8) is 0 Å². The van der Waals surface area contributed by atoms with Crippen molar-refractivity contribution in [2.45, 2.75) is 20.3 Å². The van der Waals surface area contributed by atoms with Crippen LogP contribution in [0.5, 0.6) is 11.5 Å². The average molecular weight is 304 g/mol. The normalized spacial score (nSPS) is 10.3. The Morgan fingerprint density at radius 2 is 1.91 bits per heavy atom. The first kappa shape index (κ1) is 15.9. The molecule has 0 fully saturated rings. The first-order valence-electron chi connectivity index (χ1n) is 7.22. The highest BCUT2D eigenvalue weighted by molar-refractivity contribution is 5.77. The summed E-state index contributed by atoms with van der Waals surface area (Å²) in [6, 6.07) is 9.01. The molecule has 0 aliphatic heterocycles. The first-order valence-corrected chi connectivity index (χ1v) is 7.22. The molecule has 2 aromatic rings. The Balaban J connectivity index is 1.66. The second kappa shape index (κ2) is 8.07. The molecule has 22 heavy (non-hydrogen) atoms. The highest BCUT2D eigenvalue weighted by Gasteiger charge is 2.05. The lowest BCUT2D eigenvalue weighted by Gasteiger charge is -2.08. The number of nitrogens with zero attached hydrogens (tertiary/aromatic N) is 1. The molecule has 0 bridgehead atoms. The molecule has 2 rings (SSSR count). The number of carbonyl (C=O) groups is 1. The van der Waals surface area contributed by atoms with E-state index in [2.05, 4.69) is 10.5 Å². The fraction of sp³-hybridized carbons (Fsp3) is 0.375. The number of aromatic nitrogens is 1. The van der Waals surface area contributed by atoms with Crippen molar-refractivity contribution >= 4 is 5.91 Å². The smallest absolute Gasteiger partial charge is 0.257 e. The van der Waals surface area contributed by atoms with Gasteiger partial charge in [0.1, 0.15) is 17.3 Å². The second-order valence-corrected chi connectivity index (χ2v) is 4.73. The molecule has 0 aliphatic carbocycles. The predicted octanol–water partition coefficient (Wildman–Crippen LogP) is 2.12. The summed E-state index contributed by atoms with van der Waals surface area (Å²) in [5.74, 6) is 1.99. The number of hydrogen-bond acceptors (Lipinski definition) is 5. The summed E-state index contributed by atoms with van der Waals surface area (Å²) >= 11 is 0. The largest absolute Gasteiger partial charge is 0.494 e. The van der Waals surface area contributed by atoms with Gasteiger partial charge in [-0.1, -0.05) is 5.16 Å². The number of carbonyl (C=O) groups excluding carboxylic acids is 1. The molecular weight excluding hydrogens is 284 g/mol. The van der Waals surface area contributed by atoms with Crippen LogP contribution in [-0.2, 0) is 11.2 Å². The number of nitrogens with one attached hydrogen (secondary N) is 1. The van der Waals surface area contributed by atoms with E-state index in [0.29, 0.717) is 25.3 Å². The monoisotopic (exact) mass is 304 g/mol. The third-order valence-electron chi connectivity index (χ3n) is 2.87. The molecular formula is C16H20N2O4. The average Bonchev–Trinajstić information content (AvgIpc) is 2.92. The van der Waals surface area contributed by atoms with E-state index in [1.54, 1.807) is 12.1 Å². The van der Waals surface area contributed by atoms with Crippen molar-refractivity contribution in [2.75, 3.05) is 19.8 Å². The van der Waals surface area contributed by atoms with E-state index in [1.807, 2.05) is 32.0 Å². The first-order chi connectivity index (χ1) is 10.7. The van der Waals surface area contributed by atoms with Crippen molar-refractivity contribution < 1.29 is 18.8 Å². The number of aryl methyl sites for hydroxylation is 1. The topological polar surface area (TPSA) is 73.6 Å². The fourth-order valence-corrected chi connectivity index (χ4v) is 1.86. The highest BCUT2D eigenvalue weighted by Crippen LogP contribution is 2.17. The van der Waals surface area contributed by atoms with Gasteiger partial charge in [-0.05, 0) is 38.1 Å². The van der Waals surface area contributed by atoms with Gasteiger partial charge in [-0.25, -0.2) is 0 Å². The van der Waals surface area contributed by atoms with Crippen LogP contribution in [0, 0.1) is 6.92 Å². The van der Waals surface area contributed by atoms with Gasteiger partial charge in [-0.15, -0.1) is 0 Å². The lowest BCUT2D eigenvalue weighted by Crippen LogP contribution is -2.30. The Kier molecular flexibility index (Phi) is 5.82. The summed E-state index contributed by atoms with van der Waals surface area (Å²) in [7, 11) is 0. The van der Waals surface area contributed by atoms with Crippen molar-refractivity contribution in [3.05, 3.63) is 41.8 Å². The molecule has 1 N–H and O–H groups in total. The van der Waals surface area contributed by atoms with E-state index >= 15 is 0 Å². The molecule has 6 nitrogen and oxygen atoms in total. The van der Waals surface area contributed by atoms with E-state index in [4.69, 9.17) is 14.0 Å². The number of rotatable bonds is 8. The van der Waals surface area contributed by atoms with Crippen molar-refractivity contribution in [1.82, 2.24) is 10.5 Å². The number of hydrogen-bond donors (Lipinski definition) is 1. The minimum atomic E-state index is -0.176. The Labute approximate surface area is 129 Å². The molecule has 1 aromatic carbocycles. The lowest BCUT2D eigenvalue weighted by atomic mass is 10.3. The van der Waals surface area contributed by atoms with E-state index in [9.17, 15) is 4.79 Å². The van der Waals surface area contributed by atoms with E-state index < -0.39 is 0 Å². The van der Waals surface area contributed by atoms with Gasteiger partial charge in [-0.3, -0.25) is 4.79 Å². The predicted molar refractivity (Wildman–Crippen MR) is 81.1 cm³/mol. The van der Waals surface area contributed by atoms with Gasteiger partial charge in [-0.2, -0.15) is 0 Å². The second-order valence-electron chi connectivity index (χ2n) is 4.73. The number of benzene rings is 1. The molecule has 6 heteroatoms. The summed E-state index contributed by atoms with van der Waals surface area (Å²) in [5, 5.41) is 6.55. The van der Waals surface area contributed by atoms with Gasteiger partial charge in [0.05, 0.1) is 12.3 Å². The summed E-state index contributed by atoms with van der Waals surface area (Å²) in [5.41, 5.74) is 0.833. The van der Waals surface area contributed by atoms with E-state index in [1.165, 1.54) is 0 Å². The molecule has 118 valence electrons. The Bertz CT molecular complexity index is 592. The molecule has 1 amide bonds. The Hall–Kier alpha value is -2.50. The Morgan fingerprint density at radius 1 is 1.23 bits per heavy atom. The Morgan fingerprint density at radius 3 is 2.50 bits per heavy atom. The van der Waals surface area contributed by atoms with Crippen LogP contribution in [-0.4, -0.2) is 30.8 Å². The van der Waals surface area contributed by atoms with Gasteiger partial charge >= 0.3 is 0 Å². The van der Waals surface area contributed by atoms with Gasteiger partial charge in [0.15, 0.2) is 6.61 Å². The van der Waals surface area contributed by atoms with Crippen LogP contribution in [0.2, 0.25) is 0 Å². The van der Waals surface area contributed by atoms with Crippen LogP contribution >= 0.6 is 0 Å². The van der Waals surface area contributed by atoms with E-state index in [-0.39, 0.29) is 12.5 Å². The molecule has 0 radical (unpaired) electrons. The summed E-state index contributed by atoms with van der Waals surface area (Å²) in [6.45, 7) is 4.86. The molecule has 0 atom stereocenters. The van der Waals surface area contributed by atoms with Crippen molar-refractivity contribution in [2.24, 2.45) is 0 Å². The van der Waals surface area contributed by atoms with Gasteiger partial charge in [0, 0.05) is 19.0 Å². The highest BCUT2D eigenvalue weighted by atomic mass is 16.5.